The van der Waals surface area contributed by atoms with E-state index in [9.17, 15) is 4.79 Å². The number of hydrogen-bond acceptors (Lipinski definition) is 5. The van der Waals surface area contributed by atoms with Crippen molar-refractivity contribution < 1.29 is 4.74 Å². The second-order valence-electron chi connectivity index (χ2n) is 8.07. The zero-order valence-corrected chi connectivity index (χ0v) is 17.7. The first-order valence-electron chi connectivity index (χ1n) is 10.3. The molecule has 0 saturated carbocycles. The number of benzene rings is 2. The first kappa shape index (κ1) is 19.4. The summed E-state index contributed by atoms with van der Waals surface area (Å²) in [5.74, 6) is 1.44. The van der Waals surface area contributed by atoms with Crippen molar-refractivity contribution in [2.24, 2.45) is 7.05 Å². The van der Waals surface area contributed by atoms with Crippen molar-refractivity contribution in [1.29, 1.82) is 0 Å². The fourth-order valence-corrected chi connectivity index (χ4v) is 4.34. The van der Waals surface area contributed by atoms with Crippen LogP contribution in [0.4, 0.5) is 5.69 Å². The van der Waals surface area contributed by atoms with Crippen molar-refractivity contribution in [3.05, 3.63) is 75.8 Å². The van der Waals surface area contributed by atoms with E-state index in [0.29, 0.717) is 18.1 Å². The van der Waals surface area contributed by atoms with Gasteiger partial charge in [-0.05, 0) is 48.0 Å². The molecule has 0 fully saturated rings. The quantitative estimate of drug-likeness (QED) is 0.500. The Morgan fingerprint density at radius 2 is 2.00 bits per heavy atom. The molecule has 158 valence electrons. The normalized spacial score (nSPS) is 14.0. The summed E-state index contributed by atoms with van der Waals surface area (Å²) in [6, 6.07) is 13.5. The Balaban J connectivity index is 1.42. The average Bonchev–Trinajstić information content (AvgIpc) is 3.09. The van der Waals surface area contributed by atoms with Crippen LogP contribution in [0.1, 0.15) is 16.8 Å². The van der Waals surface area contributed by atoms with Crippen molar-refractivity contribution in [3.63, 3.8) is 0 Å². The molecule has 0 bridgehead atoms. The second-order valence-corrected chi connectivity index (χ2v) is 8.07. The Morgan fingerprint density at radius 1 is 1.19 bits per heavy atom. The van der Waals surface area contributed by atoms with Crippen molar-refractivity contribution >= 4 is 16.6 Å². The van der Waals surface area contributed by atoms with Crippen LogP contribution in [0.5, 0.6) is 5.75 Å². The van der Waals surface area contributed by atoms with E-state index in [1.165, 1.54) is 16.5 Å². The number of methoxy groups -OCH3 is 1. The third-order valence-electron chi connectivity index (χ3n) is 6.00. The van der Waals surface area contributed by atoms with Crippen LogP contribution in [0.25, 0.3) is 22.3 Å². The third kappa shape index (κ3) is 3.57. The highest BCUT2D eigenvalue weighted by Gasteiger charge is 2.22. The van der Waals surface area contributed by atoms with Gasteiger partial charge in [0.05, 0.1) is 18.4 Å². The Bertz CT molecular complexity index is 1320. The number of nitrogens with one attached hydrogen (secondary N) is 1. The lowest BCUT2D eigenvalue weighted by molar-refractivity contribution is 0.242. The van der Waals surface area contributed by atoms with Crippen LogP contribution in [0, 0.1) is 0 Å². The maximum Gasteiger partial charge on any atom is 0.255 e. The summed E-state index contributed by atoms with van der Waals surface area (Å²) in [5.41, 5.74) is 11.3. The Morgan fingerprint density at radius 3 is 2.77 bits per heavy atom. The minimum absolute atomic E-state index is 0.0684. The number of rotatable bonds is 4. The number of fused-ring (bicyclic) bond motifs is 2. The van der Waals surface area contributed by atoms with Crippen molar-refractivity contribution in [2.75, 3.05) is 19.4 Å². The molecule has 1 aliphatic rings. The summed E-state index contributed by atoms with van der Waals surface area (Å²) in [6.45, 7) is 2.20. The molecular weight excluding hydrogens is 390 g/mol. The van der Waals surface area contributed by atoms with Gasteiger partial charge in [0, 0.05) is 61.5 Å². The zero-order chi connectivity index (χ0) is 21.5. The fraction of sp³-hybridized carbons (Fsp3) is 0.250. The molecular formula is C24H25N5O2. The fourth-order valence-electron chi connectivity index (χ4n) is 4.34. The number of aryl methyl sites for hydroxylation is 1. The minimum Gasteiger partial charge on any atom is -0.497 e. The molecule has 1 aliphatic heterocycles. The van der Waals surface area contributed by atoms with Gasteiger partial charge in [-0.15, -0.1) is 0 Å². The summed E-state index contributed by atoms with van der Waals surface area (Å²) in [7, 11) is 3.74. The molecule has 7 heteroatoms. The maximum absolute atomic E-state index is 12.9. The smallest absolute Gasteiger partial charge is 0.255 e. The van der Waals surface area contributed by atoms with Crippen LogP contribution >= 0.6 is 0 Å². The number of H-pyrrole nitrogens is 1. The van der Waals surface area contributed by atoms with Crippen LogP contribution in [0.15, 0.2) is 53.5 Å². The number of anilines is 1. The number of ether oxygens (including phenoxy) is 1. The summed E-state index contributed by atoms with van der Waals surface area (Å²) >= 11 is 0. The van der Waals surface area contributed by atoms with E-state index in [0.717, 1.165) is 42.1 Å². The van der Waals surface area contributed by atoms with E-state index in [-0.39, 0.29) is 5.56 Å². The molecule has 0 saturated heterocycles. The lowest BCUT2D eigenvalue weighted by Gasteiger charge is -2.27. The number of aromatic nitrogens is 3. The molecule has 7 nitrogen and oxygen atoms in total. The largest absolute Gasteiger partial charge is 0.497 e. The molecule has 31 heavy (non-hydrogen) atoms. The molecule has 0 aliphatic carbocycles. The highest BCUT2D eigenvalue weighted by atomic mass is 16.5. The number of nitrogens with zero attached hydrogens (tertiary/aromatic N) is 3. The molecule has 0 unspecified atom stereocenters. The molecule has 2 aromatic heterocycles. The Labute approximate surface area is 180 Å². The van der Waals surface area contributed by atoms with Gasteiger partial charge in [0.2, 0.25) is 0 Å². The SMILES string of the molecule is COc1ccc2c(c1)c(CN1CCc3nc(-c4ccc(N)cc4)[nH]c(=O)c3C1)cn2C. The molecule has 5 rings (SSSR count). The average molecular weight is 415 g/mol. The number of nitrogens with two attached hydrogens (primary N) is 1. The van der Waals surface area contributed by atoms with Gasteiger partial charge in [-0.2, -0.15) is 0 Å². The topological polar surface area (TPSA) is 89.2 Å². The monoisotopic (exact) mass is 415 g/mol. The lowest BCUT2D eigenvalue weighted by atomic mass is 10.0. The van der Waals surface area contributed by atoms with Crippen LogP contribution in [-0.4, -0.2) is 33.1 Å². The highest BCUT2D eigenvalue weighted by Crippen LogP contribution is 2.28. The number of aromatic amines is 1. The molecule has 4 aromatic rings. The molecule has 0 radical (unpaired) electrons. The number of nitrogen functional groups attached to an aromatic ring is 1. The van der Waals surface area contributed by atoms with Gasteiger partial charge >= 0.3 is 0 Å². The van der Waals surface area contributed by atoms with Crippen LogP contribution in [0.3, 0.4) is 0 Å². The van der Waals surface area contributed by atoms with Gasteiger partial charge in [0.25, 0.3) is 5.56 Å². The minimum atomic E-state index is -0.0684. The summed E-state index contributed by atoms with van der Waals surface area (Å²) in [5, 5.41) is 1.18. The number of hydrogen-bond donors (Lipinski definition) is 2. The molecule has 3 heterocycles. The maximum atomic E-state index is 12.9. The standard InChI is InChI=1S/C24H25N5O2/c1-28-12-16(19-11-18(31-2)7-8-22(19)28)13-29-10-9-21-20(14-29)24(30)27-23(26-21)15-3-5-17(25)6-4-15/h3-8,11-12H,9-10,13-14,25H2,1-2H3,(H,26,27,30). The molecule has 0 atom stereocenters. The van der Waals surface area contributed by atoms with Crippen molar-refractivity contribution in [2.45, 2.75) is 19.5 Å². The predicted molar refractivity (Wildman–Crippen MR) is 122 cm³/mol. The van der Waals surface area contributed by atoms with Gasteiger partial charge in [-0.1, -0.05) is 0 Å². The highest BCUT2D eigenvalue weighted by molar-refractivity contribution is 5.85. The van der Waals surface area contributed by atoms with Crippen molar-refractivity contribution in [3.8, 4) is 17.1 Å². The van der Waals surface area contributed by atoms with Crippen LogP contribution < -0.4 is 16.0 Å². The summed E-state index contributed by atoms with van der Waals surface area (Å²) in [4.78, 5) is 22.9. The van der Waals surface area contributed by atoms with E-state index in [2.05, 4.69) is 39.8 Å². The molecule has 2 aromatic carbocycles. The van der Waals surface area contributed by atoms with E-state index in [1.807, 2.05) is 30.3 Å². The summed E-state index contributed by atoms with van der Waals surface area (Å²) < 4.78 is 7.54. The molecule has 0 amide bonds. The first-order chi connectivity index (χ1) is 15.0. The lowest BCUT2D eigenvalue weighted by Crippen LogP contribution is -2.35. The summed E-state index contributed by atoms with van der Waals surface area (Å²) in [6.07, 6.45) is 2.90. The predicted octanol–water partition coefficient (Wildman–Crippen LogP) is 3.08. The van der Waals surface area contributed by atoms with Gasteiger partial charge in [-0.3, -0.25) is 9.69 Å². The van der Waals surface area contributed by atoms with E-state index < -0.39 is 0 Å². The third-order valence-corrected chi connectivity index (χ3v) is 6.00. The van der Waals surface area contributed by atoms with Gasteiger partial charge in [-0.25, -0.2) is 4.98 Å². The van der Waals surface area contributed by atoms with Crippen molar-refractivity contribution in [1.82, 2.24) is 19.4 Å². The second kappa shape index (κ2) is 7.59. The Kier molecular flexibility index (Phi) is 4.75. The van der Waals surface area contributed by atoms with E-state index >= 15 is 0 Å². The van der Waals surface area contributed by atoms with Crippen LogP contribution in [0.2, 0.25) is 0 Å². The van der Waals surface area contributed by atoms with E-state index in [1.54, 1.807) is 7.11 Å². The van der Waals surface area contributed by atoms with E-state index in [4.69, 9.17) is 15.5 Å². The molecule has 0 spiro atoms. The Hall–Kier alpha value is -3.58. The van der Waals surface area contributed by atoms with Crippen LogP contribution in [-0.2, 0) is 26.6 Å². The van der Waals surface area contributed by atoms with Gasteiger partial charge < -0.3 is 20.0 Å². The first-order valence-corrected chi connectivity index (χ1v) is 10.3. The zero-order valence-electron chi connectivity index (χ0n) is 17.7. The van der Waals surface area contributed by atoms with Gasteiger partial charge in [0.1, 0.15) is 11.6 Å². The van der Waals surface area contributed by atoms with Gasteiger partial charge in [0.15, 0.2) is 0 Å². The molecule has 3 N–H and O–H groups in total.